The molecule has 0 saturated carbocycles. The highest BCUT2D eigenvalue weighted by Gasteiger charge is 2.27. The highest BCUT2D eigenvalue weighted by molar-refractivity contribution is 7.16. The monoisotopic (exact) mass is 222 g/mol. The summed E-state index contributed by atoms with van der Waals surface area (Å²) in [6, 6.07) is 2.05. The van der Waals surface area contributed by atoms with E-state index in [0.717, 1.165) is 18.7 Å². The third-order valence-corrected chi connectivity index (χ3v) is 7.18. The summed E-state index contributed by atoms with van der Waals surface area (Å²) in [6.45, 7) is 7.36. The van der Waals surface area contributed by atoms with E-state index in [1.165, 1.54) is 25.7 Å². The van der Waals surface area contributed by atoms with Crippen molar-refractivity contribution in [1.82, 2.24) is 0 Å². The second-order valence-corrected chi connectivity index (χ2v) is 9.03. The van der Waals surface area contributed by atoms with E-state index in [1.54, 1.807) is 0 Å². The fraction of sp³-hybridized carbons (Fsp3) is 1.00. The maximum Gasteiger partial charge on any atom is 0.289 e. The average Bonchev–Trinajstić information content (AvgIpc) is 2.17. The Morgan fingerprint density at radius 1 is 1.00 bits per heavy atom. The minimum absolute atomic E-state index is 0.872. The van der Waals surface area contributed by atoms with Crippen LogP contribution < -0.4 is 0 Å². The minimum Gasteiger partial charge on any atom is -0.403 e. The highest BCUT2D eigenvalue weighted by Crippen LogP contribution is 2.21. The molecule has 80 valence electrons. The van der Waals surface area contributed by atoms with Crippen LogP contribution >= 0.6 is 11.1 Å². The summed E-state index contributed by atoms with van der Waals surface area (Å²) < 4.78 is 5.78. The van der Waals surface area contributed by atoms with Gasteiger partial charge in [-0.25, -0.2) is 0 Å². The van der Waals surface area contributed by atoms with E-state index in [0.29, 0.717) is 0 Å². The van der Waals surface area contributed by atoms with Gasteiger partial charge in [0, 0.05) is 6.61 Å². The van der Waals surface area contributed by atoms with Crippen LogP contribution in [0.5, 0.6) is 0 Å². The number of hydrogen-bond donors (Lipinski definition) is 0. The molecule has 0 spiro atoms. The molecule has 13 heavy (non-hydrogen) atoms. The molecule has 0 aliphatic heterocycles. The molecule has 0 heterocycles. The molecule has 0 fully saturated rings. The topological polar surface area (TPSA) is 9.23 Å². The molecule has 0 radical (unpaired) electrons. The van der Waals surface area contributed by atoms with Crippen molar-refractivity contribution < 1.29 is 4.43 Å². The van der Waals surface area contributed by atoms with Gasteiger partial charge in [0.05, 0.1) is 0 Å². The summed E-state index contributed by atoms with van der Waals surface area (Å²) in [5.41, 5.74) is 0. The van der Waals surface area contributed by atoms with Crippen LogP contribution in [0.1, 0.15) is 46.5 Å². The predicted octanol–water partition coefficient (Wildman–Crippen LogP) is 4.30. The van der Waals surface area contributed by atoms with Crippen molar-refractivity contribution in [3.63, 3.8) is 0 Å². The smallest absolute Gasteiger partial charge is 0.289 e. The molecular weight excluding hydrogens is 200 g/mol. The van der Waals surface area contributed by atoms with E-state index in [-0.39, 0.29) is 0 Å². The minimum atomic E-state index is -1.79. The number of hydrogen-bond acceptors (Lipinski definition) is 1. The first-order valence-electron chi connectivity index (χ1n) is 5.51. The predicted molar refractivity (Wildman–Crippen MR) is 62.7 cm³/mol. The molecule has 0 aliphatic rings. The van der Waals surface area contributed by atoms with E-state index in [9.17, 15) is 0 Å². The van der Waals surface area contributed by atoms with Crippen LogP contribution in [-0.2, 0) is 4.43 Å². The first-order valence-corrected chi connectivity index (χ1v) is 8.84. The van der Waals surface area contributed by atoms with Crippen molar-refractivity contribution in [2.45, 2.75) is 58.5 Å². The van der Waals surface area contributed by atoms with Crippen LogP contribution in [0.2, 0.25) is 12.1 Å². The van der Waals surface area contributed by atoms with Crippen molar-refractivity contribution in [3.05, 3.63) is 0 Å². The molecular formula is C10H23ClOSi. The number of rotatable bonds is 8. The standard InChI is InChI=1S/C10H23ClOSi/c1-4-7-8-9-10-12-13(11,5-2)6-3/h4-10H2,1-3H3. The van der Waals surface area contributed by atoms with Crippen LogP contribution in [0.15, 0.2) is 0 Å². The molecule has 0 aromatic carbocycles. The zero-order valence-electron chi connectivity index (χ0n) is 9.24. The molecule has 0 N–H and O–H groups in total. The van der Waals surface area contributed by atoms with Crippen molar-refractivity contribution in [1.29, 1.82) is 0 Å². The Labute approximate surface area is 88.7 Å². The highest BCUT2D eigenvalue weighted by atomic mass is 35.6. The lowest BCUT2D eigenvalue weighted by Gasteiger charge is -2.21. The van der Waals surface area contributed by atoms with E-state index in [2.05, 4.69) is 20.8 Å². The fourth-order valence-electron chi connectivity index (χ4n) is 1.24. The van der Waals surface area contributed by atoms with Gasteiger partial charge >= 0.3 is 0 Å². The average molecular weight is 223 g/mol. The third-order valence-electron chi connectivity index (χ3n) is 2.41. The Morgan fingerprint density at radius 3 is 2.08 bits per heavy atom. The van der Waals surface area contributed by atoms with Crippen molar-refractivity contribution in [3.8, 4) is 0 Å². The van der Waals surface area contributed by atoms with E-state index in [4.69, 9.17) is 15.5 Å². The van der Waals surface area contributed by atoms with Gasteiger partial charge in [-0.3, -0.25) is 0 Å². The first kappa shape index (κ1) is 13.5. The first-order chi connectivity index (χ1) is 6.18. The van der Waals surface area contributed by atoms with Crippen LogP contribution in [0.25, 0.3) is 0 Å². The molecule has 0 rings (SSSR count). The van der Waals surface area contributed by atoms with Gasteiger partial charge in [0.25, 0.3) is 7.63 Å². The lowest BCUT2D eigenvalue weighted by atomic mass is 10.2. The summed E-state index contributed by atoms with van der Waals surface area (Å²) in [5, 5.41) is 0. The van der Waals surface area contributed by atoms with Gasteiger partial charge in [0.1, 0.15) is 0 Å². The lowest BCUT2D eigenvalue weighted by Crippen LogP contribution is -2.29. The maximum atomic E-state index is 6.34. The molecule has 1 nitrogen and oxygen atoms in total. The Balaban J connectivity index is 3.39. The normalized spacial score (nSPS) is 12.0. The maximum absolute atomic E-state index is 6.34. The van der Waals surface area contributed by atoms with Crippen LogP contribution in [0.3, 0.4) is 0 Å². The molecule has 0 bridgehead atoms. The van der Waals surface area contributed by atoms with Gasteiger partial charge in [-0.05, 0) is 18.5 Å². The van der Waals surface area contributed by atoms with Gasteiger partial charge in [-0.1, -0.05) is 40.0 Å². The second kappa shape index (κ2) is 7.83. The Morgan fingerprint density at radius 2 is 1.62 bits per heavy atom. The SMILES string of the molecule is CCCCCCO[Si](Cl)(CC)CC. The summed E-state index contributed by atoms with van der Waals surface area (Å²) in [5.74, 6) is 0. The van der Waals surface area contributed by atoms with Gasteiger partial charge in [0.2, 0.25) is 0 Å². The van der Waals surface area contributed by atoms with Crippen molar-refractivity contribution >= 4 is 18.7 Å². The van der Waals surface area contributed by atoms with Gasteiger partial charge < -0.3 is 4.43 Å². The fourth-order valence-corrected chi connectivity index (χ4v) is 2.89. The number of halogens is 1. The molecule has 0 atom stereocenters. The zero-order chi connectivity index (χ0) is 10.2. The molecule has 0 amide bonds. The number of unbranched alkanes of at least 4 members (excludes halogenated alkanes) is 3. The van der Waals surface area contributed by atoms with E-state index in [1.807, 2.05) is 0 Å². The Hall–Kier alpha value is 0.467. The summed E-state index contributed by atoms with van der Waals surface area (Å²) in [6.07, 6.45) is 5.06. The van der Waals surface area contributed by atoms with Crippen LogP contribution in [0, 0.1) is 0 Å². The molecule has 0 aromatic heterocycles. The van der Waals surface area contributed by atoms with E-state index >= 15 is 0 Å². The molecule has 3 heteroatoms. The second-order valence-electron chi connectivity index (χ2n) is 3.50. The summed E-state index contributed by atoms with van der Waals surface area (Å²) in [4.78, 5) is 0. The summed E-state index contributed by atoms with van der Waals surface area (Å²) >= 11 is 6.34. The quantitative estimate of drug-likeness (QED) is 0.338. The van der Waals surface area contributed by atoms with Crippen molar-refractivity contribution in [2.75, 3.05) is 6.61 Å². The largest absolute Gasteiger partial charge is 0.403 e. The molecule has 0 aromatic rings. The molecule has 0 saturated heterocycles. The van der Waals surface area contributed by atoms with Crippen LogP contribution in [0.4, 0.5) is 0 Å². The van der Waals surface area contributed by atoms with Crippen LogP contribution in [-0.4, -0.2) is 14.2 Å². The van der Waals surface area contributed by atoms with E-state index < -0.39 is 7.63 Å². The van der Waals surface area contributed by atoms with Gasteiger partial charge in [-0.15, -0.1) is 11.1 Å². The summed E-state index contributed by atoms with van der Waals surface area (Å²) in [7, 11) is -1.79. The lowest BCUT2D eigenvalue weighted by molar-refractivity contribution is 0.300. The van der Waals surface area contributed by atoms with Gasteiger partial charge in [-0.2, -0.15) is 0 Å². The third kappa shape index (κ3) is 6.53. The van der Waals surface area contributed by atoms with Gasteiger partial charge in [0.15, 0.2) is 0 Å². The van der Waals surface area contributed by atoms with Crippen molar-refractivity contribution in [2.24, 2.45) is 0 Å². The Kier molecular flexibility index (Phi) is 8.11. The molecule has 0 aliphatic carbocycles. The zero-order valence-corrected chi connectivity index (χ0v) is 11.0. The molecule has 0 unspecified atom stereocenters. The Bertz CT molecular complexity index is 115.